The fourth-order valence-electron chi connectivity index (χ4n) is 0.449. The number of hydrogen-bond acceptors (Lipinski definition) is 1. The molecule has 10 heavy (non-hydrogen) atoms. The molecule has 1 unspecified atom stereocenters. The molecule has 0 rings (SSSR count). The van der Waals surface area contributed by atoms with Crippen LogP contribution < -0.4 is 4.67 Å². The van der Waals surface area contributed by atoms with Gasteiger partial charge in [-0.05, 0) is 20.1 Å². The summed E-state index contributed by atoms with van der Waals surface area (Å²) in [5.74, 6) is 0. The maximum absolute atomic E-state index is 7.32. The van der Waals surface area contributed by atoms with Gasteiger partial charge < -0.3 is 0 Å². The number of hydrogen-bond donors (Lipinski definition) is 1. The largest absolute Gasteiger partial charge is 0.300 e. The second kappa shape index (κ2) is 4.20. The van der Waals surface area contributed by atoms with E-state index in [4.69, 9.17) is 5.41 Å². The predicted octanol–water partition coefficient (Wildman–Crippen LogP) is 0.913. The highest BCUT2D eigenvalue weighted by Crippen LogP contribution is 2.08. The Morgan fingerprint density at radius 2 is 2.10 bits per heavy atom. The molecule has 56 valence electrons. The standard InChI is InChI=1S/C7H13N2S/c1-6(5-9-3)10(4)7(2)8/h5,8H,3H2,1-2,4H3/q+1. The summed E-state index contributed by atoms with van der Waals surface area (Å²) in [7, 11) is -0.0557. The molecule has 0 saturated carbocycles. The summed E-state index contributed by atoms with van der Waals surface area (Å²) in [5, 5.41) is 8.01. The van der Waals surface area contributed by atoms with Crippen molar-refractivity contribution in [2.75, 3.05) is 6.26 Å². The van der Waals surface area contributed by atoms with Crippen molar-refractivity contribution in [2.45, 2.75) is 13.8 Å². The lowest BCUT2D eigenvalue weighted by atomic mass is 10.5. The monoisotopic (exact) mass is 157 g/mol. The third kappa shape index (κ3) is 2.76. The molecule has 0 radical (unpaired) electrons. The molecule has 0 bridgehead atoms. The van der Waals surface area contributed by atoms with Gasteiger partial charge in [-0.1, -0.05) is 0 Å². The first-order valence-corrected chi connectivity index (χ1v) is 4.56. The molecule has 0 aromatic carbocycles. The first-order valence-electron chi connectivity index (χ1n) is 2.93. The van der Waals surface area contributed by atoms with Crippen molar-refractivity contribution < 1.29 is 0 Å². The van der Waals surface area contributed by atoms with Crippen LogP contribution >= 0.6 is 10.5 Å². The van der Waals surface area contributed by atoms with Crippen LogP contribution in [0.1, 0.15) is 13.8 Å². The van der Waals surface area contributed by atoms with E-state index in [1.54, 1.807) is 6.21 Å². The first kappa shape index (κ1) is 9.34. The Hall–Kier alpha value is -0.660. The molecule has 0 aliphatic heterocycles. The normalized spacial score (nSPS) is 13.3. The highest BCUT2D eigenvalue weighted by molar-refractivity contribution is 8.28. The minimum atomic E-state index is -0.0557. The minimum Gasteiger partial charge on any atom is -0.299 e. The summed E-state index contributed by atoms with van der Waals surface area (Å²) in [6.07, 6.45) is 3.72. The van der Waals surface area contributed by atoms with Crippen LogP contribution in [-0.2, 0) is 0 Å². The smallest absolute Gasteiger partial charge is 0.299 e. The van der Waals surface area contributed by atoms with Crippen molar-refractivity contribution in [3.63, 3.8) is 0 Å². The summed E-state index contributed by atoms with van der Waals surface area (Å²) in [4.78, 5) is 1.11. The molecule has 0 aromatic heterocycles. The van der Waals surface area contributed by atoms with Crippen LogP contribution in [0.5, 0.6) is 0 Å². The van der Waals surface area contributed by atoms with Crippen LogP contribution in [0.2, 0.25) is 0 Å². The first-order chi connectivity index (χ1) is 4.59. The lowest BCUT2D eigenvalue weighted by molar-refractivity contribution is 1.53. The summed E-state index contributed by atoms with van der Waals surface area (Å²) in [5.41, 5.74) is 0. The van der Waals surface area contributed by atoms with E-state index in [1.807, 2.05) is 20.1 Å². The Morgan fingerprint density at radius 1 is 1.60 bits per heavy atom. The van der Waals surface area contributed by atoms with Gasteiger partial charge in [-0.2, -0.15) is 0 Å². The van der Waals surface area contributed by atoms with E-state index in [0.717, 1.165) is 4.86 Å². The van der Waals surface area contributed by atoms with E-state index in [0.29, 0.717) is 5.04 Å². The molecular weight excluding hydrogens is 144 g/mol. The van der Waals surface area contributed by atoms with Gasteiger partial charge in [0.15, 0.2) is 0 Å². The third-order valence-electron chi connectivity index (χ3n) is 1.22. The molecule has 3 heteroatoms. The molecule has 0 aliphatic carbocycles. The molecule has 0 amide bonds. The molecular formula is C7H13N2S+. The number of nitrogens with one attached hydrogen (secondary N) is 1. The predicted molar refractivity (Wildman–Crippen MR) is 52.9 cm³/mol. The maximum Gasteiger partial charge on any atom is 0.300 e. The molecule has 0 heterocycles. The van der Waals surface area contributed by atoms with Gasteiger partial charge in [-0.25, -0.2) is 0 Å². The molecule has 0 aliphatic rings. The van der Waals surface area contributed by atoms with Crippen molar-refractivity contribution in [3.8, 4) is 0 Å². The fraction of sp³-hybridized carbons (Fsp3) is 0.429. The molecule has 1 N–H and O–H groups in total. The number of nitrogens with zero attached hydrogens (tertiary/aromatic N) is 1. The quantitative estimate of drug-likeness (QED) is 0.254. The Kier molecular flexibility index (Phi) is 3.93. The van der Waals surface area contributed by atoms with Gasteiger partial charge in [0, 0.05) is 0 Å². The maximum atomic E-state index is 7.32. The van der Waals surface area contributed by atoms with Crippen LogP contribution in [0.25, 0.3) is 0 Å². The van der Waals surface area contributed by atoms with Gasteiger partial charge in [0.05, 0.1) is 9.91 Å². The molecule has 0 fully saturated rings. The number of rotatable bonds is 1. The minimum absolute atomic E-state index is 0.0557. The van der Waals surface area contributed by atoms with Gasteiger partial charge in [-0.3, -0.25) is 5.41 Å². The van der Waals surface area contributed by atoms with Gasteiger partial charge in [0.2, 0.25) is 0 Å². The molecule has 0 saturated heterocycles. The van der Waals surface area contributed by atoms with E-state index in [-0.39, 0.29) is 10.5 Å². The lowest BCUT2D eigenvalue weighted by Crippen LogP contribution is -1.99. The van der Waals surface area contributed by atoms with E-state index in [2.05, 4.69) is 11.4 Å². The SMILES string of the molecule is C=[N+]=CC(C)=S(C)C(C)=N. The summed E-state index contributed by atoms with van der Waals surface area (Å²) in [6, 6.07) is 0. The van der Waals surface area contributed by atoms with Crippen LogP contribution in [0.3, 0.4) is 0 Å². The second-order valence-electron chi connectivity index (χ2n) is 1.99. The summed E-state index contributed by atoms with van der Waals surface area (Å²) >= 11 is 0. The topological polar surface area (TPSA) is 38.0 Å². The Labute approximate surface area is 64.1 Å². The van der Waals surface area contributed by atoms with Gasteiger partial charge in [0.25, 0.3) is 12.9 Å². The van der Waals surface area contributed by atoms with Crippen LogP contribution in [0.15, 0.2) is 0 Å². The van der Waals surface area contributed by atoms with Crippen LogP contribution in [0.4, 0.5) is 0 Å². The van der Waals surface area contributed by atoms with E-state index < -0.39 is 0 Å². The van der Waals surface area contributed by atoms with E-state index >= 15 is 0 Å². The van der Waals surface area contributed by atoms with Crippen molar-refractivity contribution >= 4 is 33.3 Å². The van der Waals surface area contributed by atoms with Crippen molar-refractivity contribution in [1.82, 2.24) is 4.67 Å². The summed E-state index contributed by atoms with van der Waals surface area (Å²) < 4.78 is 3.64. The van der Waals surface area contributed by atoms with E-state index in [1.165, 1.54) is 0 Å². The average molecular weight is 157 g/mol. The van der Waals surface area contributed by atoms with Crippen molar-refractivity contribution in [1.29, 1.82) is 5.41 Å². The van der Waals surface area contributed by atoms with Crippen molar-refractivity contribution in [2.24, 2.45) is 0 Å². The van der Waals surface area contributed by atoms with E-state index in [9.17, 15) is 0 Å². The third-order valence-corrected chi connectivity index (χ3v) is 3.21. The van der Waals surface area contributed by atoms with Crippen LogP contribution in [0, 0.1) is 5.41 Å². The molecule has 0 spiro atoms. The molecule has 1 atom stereocenters. The highest BCUT2D eigenvalue weighted by atomic mass is 32.2. The molecule has 0 aromatic rings. The van der Waals surface area contributed by atoms with Crippen molar-refractivity contribution in [3.05, 3.63) is 0 Å². The Morgan fingerprint density at radius 3 is 2.40 bits per heavy atom. The van der Waals surface area contributed by atoms with Gasteiger partial charge >= 0.3 is 0 Å². The Bertz CT molecular complexity index is 212. The van der Waals surface area contributed by atoms with Gasteiger partial charge in [0.1, 0.15) is 0 Å². The highest BCUT2D eigenvalue weighted by Gasteiger charge is 1.97. The second-order valence-corrected chi connectivity index (χ2v) is 4.27. The fourth-order valence-corrected chi connectivity index (χ4v) is 1.16. The molecule has 2 nitrogen and oxygen atoms in total. The van der Waals surface area contributed by atoms with Crippen LogP contribution in [-0.4, -0.2) is 29.1 Å². The summed E-state index contributed by atoms with van der Waals surface area (Å²) in [6.45, 7) is 7.13. The average Bonchev–Trinajstić information content (AvgIpc) is 1.87. The zero-order chi connectivity index (χ0) is 8.15. The van der Waals surface area contributed by atoms with Gasteiger partial charge in [-0.15, -0.1) is 15.2 Å². The zero-order valence-electron chi connectivity index (χ0n) is 6.64. The Balaban J connectivity index is 4.66. The lowest BCUT2D eigenvalue weighted by Gasteiger charge is -1.97. The zero-order valence-corrected chi connectivity index (χ0v) is 7.46.